The van der Waals surface area contributed by atoms with Crippen LogP contribution in [-0.2, 0) is 11.2 Å². The molecule has 0 aromatic carbocycles. The lowest BCUT2D eigenvalue weighted by molar-refractivity contribution is -0.127. The Morgan fingerprint density at radius 3 is 2.50 bits per heavy atom. The Labute approximate surface area is 138 Å². The molecule has 134 valence electrons. The van der Waals surface area contributed by atoms with E-state index in [0.29, 0.717) is 18.9 Å². The highest BCUT2D eigenvalue weighted by atomic mass is 19.4. The molecule has 0 N–H and O–H groups in total. The lowest BCUT2D eigenvalue weighted by atomic mass is 10.1. The van der Waals surface area contributed by atoms with Crippen LogP contribution in [0.3, 0.4) is 0 Å². The quantitative estimate of drug-likeness (QED) is 0.842. The molecule has 1 fully saturated rings. The summed E-state index contributed by atoms with van der Waals surface area (Å²) in [6.45, 7) is 6.33. The molecule has 1 aromatic heterocycles. The number of rotatable bonds is 3. The number of anilines is 1. The summed E-state index contributed by atoms with van der Waals surface area (Å²) >= 11 is 0. The van der Waals surface area contributed by atoms with Gasteiger partial charge < -0.3 is 14.5 Å². The van der Waals surface area contributed by atoms with Gasteiger partial charge in [-0.3, -0.25) is 0 Å². The van der Waals surface area contributed by atoms with Gasteiger partial charge in [0.25, 0.3) is 0 Å². The molecule has 0 atom stereocenters. The monoisotopic (exact) mass is 346 g/mol. The minimum absolute atomic E-state index is 0.0686. The molecule has 9 heteroatoms. The fourth-order valence-electron chi connectivity index (χ4n) is 2.23. The minimum Gasteiger partial charge on any atom is -0.444 e. The third-order valence-electron chi connectivity index (χ3n) is 3.51. The van der Waals surface area contributed by atoms with Crippen LogP contribution in [0, 0.1) is 0 Å². The van der Waals surface area contributed by atoms with Gasteiger partial charge in [0.1, 0.15) is 17.7 Å². The average Bonchev–Trinajstić information content (AvgIpc) is 2.33. The van der Waals surface area contributed by atoms with Crippen LogP contribution < -0.4 is 4.90 Å². The number of carbonyl (C=O) groups is 1. The molecule has 0 bridgehead atoms. The third kappa shape index (κ3) is 4.97. The predicted octanol–water partition coefficient (Wildman–Crippen LogP) is 2.64. The maximum absolute atomic E-state index is 12.4. The van der Waals surface area contributed by atoms with Crippen molar-refractivity contribution in [3.05, 3.63) is 18.1 Å². The number of hydrogen-bond acceptors (Lipinski definition) is 5. The molecule has 1 aliphatic heterocycles. The maximum Gasteiger partial charge on any atom is 0.410 e. The molecule has 0 spiro atoms. The summed E-state index contributed by atoms with van der Waals surface area (Å²) in [5, 5.41) is 0. The van der Waals surface area contributed by atoms with Crippen LogP contribution in [0.25, 0.3) is 0 Å². The number of alkyl halides is 3. The van der Waals surface area contributed by atoms with Crippen molar-refractivity contribution in [1.82, 2.24) is 14.9 Å². The van der Waals surface area contributed by atoms with E-state index in [0.717, 1.165) is 6.33 Å². The van der Waals surface area contributed by atoms with E-state index in [1.165, 1.54) is 11.0 Å². The maximum atomic E-state index is 12.4. The van der Waals surface area contributed by atoms with Gasteiger partial charge in [0.05, 0.1) is 18.2 Å². The Balaban J connectivity index is 1.92. The first-order valence-electron chi connectivity index (χ1n) is 7.53. The van der Waals surface area contributed by atoms with Crippen molar-refractivity contribution in [3.63, 3.8) is 0 Å². The van der Waals surface area contributed by atoms with Crippen LogP contribution in [0.5, 0.6) is 0 Å². The van der Waals surface area contributed by atoms with Crippen molar-refractivity contribution in [3.8, 4) is 0 Å². The highest BCUT2D eigenvalue weighted by Crippen LogP contribution is 2.25. The van der Waals surface area contributed by atoms with Crippen molar-refractivity contribution in [2.75, 3.05) is 25.0 Å². The lowest BCUT2D eigenvalue weighted by Crippen LogP contribution is -2.60. The number of aromatic nitrogens is 2. The Bertz CT molecular complexity index is 595. The SMILES string of the molecule is CN(C(=O)OC(C)(C)C)C1CN(c2cc(CC(F)(F)F)ncn2)C1. The Hall–Kier alpha value is -2.06. The number of halogens is 3. The van der Waals surface area contributed by atoms with Gasteiger partial charge in [-0.1, -0.05) is 0 Å². The molecule has 1 aliphatic rings. The molecule has 1 aromatic rings. The van der Waals surface area contributed by atoms with E-state index in [1.807, 2.05) is 0 Å². The zero-order chi connectivity index (χ0) is 18.1. The van der Waals surface area contributed by atoms with E-state index in [9.17, 15) is 18.0 Å². The zero-order valence-electron chi connectivity index (χ0n) is 14.1. The van der Waals surface area contributed by atoms with Crippen molar-refractivity contribution in [1.29, 1.82) is 0 Å². The molecule has 0 aliphatic carbocycles. The van der Waals surface area contributed by atoms with Crippen LogP contribution in [0.15, 0.2) is 12.4 Å². The number of hydrogen-bond donors (Lipinski definition) is 0. The predicted molar refractivity (Wildman–Crippen MR) is 81.8 cm³/mol. The van der Waals surface area contributed by atoms with Crippen LogP contribution in [0.2, 0.25) is 0 Å². The van der Waals surface area contributed by atoms with Crippen molar-refractivity contribution < 1.29 is 22.7 Å². The Kier molecular flexibility index (Phi) is 4.91. The molecular weight excluding hydrogens is 325 g/mol. The van der Waals surface area contributed by atoms with E-state index in [-0.39, 0.29) is 11.7 Å². The molecule has 1 amide bonds. The second kappa shape index (κ2) is 6.45. The van der Waals surface area contributed by atoms with Gasteiger partial charge in [-0.2, -0.15) is 13.2 Å². The fraction of sp³-hybridized carbons (Fsp3) is 0.667. The van der Waals surface area contributed by atoms with Crippen LogP contribution in [0.4, 0.5) is 23.8 Å². The number of nitrogens with zero attached hydrogens (tertiary/aromatic N) is 4. The summed E-state index contributed by atoms with van der Waals surface area (Å²) in [6.07, 6.45) is -4.69. The first-order valence-corrected chi connectivity index (χ1v) is 7.53. The average molecular weight is 346 g/mol. The molecule has 6 nitrogen and oxygen atoms in total. The van der Waals surface area contributed by atoms with Gasteiger partial charge >= 0.3 is 12.3 Å². The van der Waals surface area contributed by atoms with Crippen LogP contribution >= 0.6 is 0 Å². The smallest absolute Gasteiger partial charge is 0.410 e. The first kappa shape index (κ1) is 18.3. The van der Waals surface area contributed by atoms with Gasteiger partial charge in [0.15, 0.2) is 0 Å². The molecule has 2 heterocycles. The number of likely N-dealkylation sites (N-methyl/N-ethyl adjacent to an activating group) is 1. The molecule has 2 rings (SSSR count). The Morgan fingerprint density at radius 2 is 1.96 bits per heavy atom. The normalized spacial score (nSPS) is 15.9. The molecule has 0 unspecified atom stereocenters. The fourth-order valence-corrected chi connectivity index (χ4v) is 2.23. The van der Waals surface area contributed by atoms with E-state index in [2.05, 4.69) is 9.97 Å². The van der Waals surface area contributed by atoms with Gasteiger partial charge in [-0.05, 0) is 20.8 Å². The zero-order valence-corrected chi connectivity index (χ0v) is 14.1. The third-order valence-corrected chi connectivity index (χ3v) is 3.51. The Morgan fingerprint density at radius 1 is 1.33 bits per heavy atom. The second-order valence-electron chi connectivity index (χ2n) is 6.81. The number of carbonyl (C=O) groups excluding carboxylic acids is 1. The van der Waals surface area contributed by atoms with Crippen molar-refractivity contribution in [2.24, 2.45) is 0 Å². The molecule has 0 radical (unpaired) electrons. The topological polar surface area (TPSA) is 58.6 Å². The van der Waals surface area contributed by atoms with E-state index >= 15 is 0 Å². The van der Waals surface area contributed by atoms with Gasteiger partial charge in [-0.25, -0.2) is 14.8 Å². The standard InChI is InChI=1S/C15H21F3N4O2/c1-14(2,3)24-13(23)21(4)11-7-22(8-11)12-5-10(19-9-20-12)6-15(16,17)18/h5,9,11H,6-8H2,1-4H3. The molecule has 1 saturated heterocycles. The van der Waals surface area contributed by atoms with E-state index in [1.54, 1.807) is 32.7 Å². The number of ether oxygens (including phenoxy) is 1. The van der Waals surface area contributed by atoms with Crippen molar-refractivity contribution >= 4 is 11.9 Å². The number of amides is 1. The minimum atomic E-state index is -4.31. The van der Waals surface area contributed by atoms with Gasteiger partial charge in [0, 0.05) is 26.2 Å². The summed E-state index contributed by atoms with van der Waals surface area (Å²) in [6, 6.07) is 1.26. The van der Waals surface area contributed by atoms with Gasteiger partial charge in [-0.15, -0.1) is 0 Å². The summed E-state index contributed by atoms with van der Waals surface area (Å²) in [4.78, 5) is 22.9. The highest BCUT2D eigenvalue weighted by molar-refractivity contribution is 5.69. The molecule has 24 heavy (non-hydrogen) atoms. The second-order valence-corrected chi connectivity index (χ2v) is 6.81. The summed E-state index contributed by atoms with van der Waals surface area (Å²) in [7, 11) is 1.64. The van der Waals surface area contributed by atoms with Gasteiger partial charge in [0.2, 0.25) is 0 Å². The van der Waals surface area contributed by atoms with Crippen LogP contribution in [0.1, 0.15) is 26.5 Å². The summed E-state index contributed by atoms with van der Waals surface area (Å²) in [5.74, 6) is 0.429. The molecule has 0 saturated carbocycles. The summed E-state index contributed by atoms with van der Waals surface area (Å²) < 4.78 is 42.6. The summed E-state index contributed by atoms with van der Waals surface area (Å²) in [5.41, 5.74) is -0.648. The first-order chi connectivity index (χ1) is 10.9. The van der Waals surface area contributed by atoms with E-state index < -0.39 is 24.3 Å². The van der Waals surface area contributed by atoms with Crippen molar-refractivity contribution in [2.45, 2.75) is 45.0 Å². The lowest BCUT2D eigenvalue weighted by Gasteiger charge is -2.44. The van der Waals surface area contributed by atoms with Crippen LogP contribution in [-0.4, -0.2) is 58.9 Å². The molecular formula is C15H21F3N4O2. The highest BCUT2D eigenvalue weighted by Gasteiger charge is 2.35. The van der Waals surface area contributed by atoms with E-state index in [4.69, 9.17) is 4.74 Å². The largest absolute Gasteiger partial charge is 0.444 e.